The molecule has 0 saturated carbocycles. The Morgan fingerprint density at radius 2 is 2.14 bits per heavy atom. The van der Waals surface area contributed by atoms with Crippen LogP contribution in [0.1, 0.15) is 47.0 Å². The highest BCUT2D eigenvalue weighted by Crippen LogP contribution is 2.25. The maximum atomic E-state index is 5.57. The SMILES string of the molecule is CCCCC1N=C(N)ON1C(C)(C)C. The molecular weight excluding hydrogens is 178 g/mol. The zero-order valence-electron chi connectivity index (χ0n) is 9.58. The summed E-state index contributed by atoms with van der Waals surface area (Å²) in [4.78, 5) is 9.67. The molecule has 0 aliphatic carbocycles. The zero-order chi connectivity index (χ0) is 10.8. The van der Waals surface area contributed by atoms with Gasteiger partial charge in [-0.3, -0.25) is 0 Å². The van der Waals surface area contributed by atoms with Gasteiger partial charge in [-0.2, -0.15) is 0 Å². The minimum absolute atomic E-state index is 0.0526. The standard InChI is InChI=1S/C10H21N3O/c1-5-6-7-8-12-9(11)14-13(8)10(2,3)4/h8H,5-7H2,1-4H3,(H2,11,12). The lowest BCUT2D eigenvalue weighted by Crippen LogP contribution is -2.44. The molecule has 4 heteroatoms. The summed E-state index contributed by atoms with van der Waals surface area (Å²) in [5, 5.41) is 1.89. The number of nitrogens with zero attached hydrogens (tertiary/aromatic N) is 2. The van der Waals surface area contributed by atoms with Crippen LogP contribution >= 0.6 is 0 Å². The zero-order valence-corrected chi connectivity index (χ0v) is 9.58. The summed E-state index contributed by atoms with van der Waals surface area (Å²) in [7, 11) is 0. The first-order valence-electron chi connectivity index (χ1n) is 5.25. The van der Waals surface area contributed by atoms with Gasteiger partial charge in [0.1, 0.15) is 6.17 Å². The molecule has 1 heterocycles. The van der Waals surface area contributed by atoms with Crippen molar-refractivity contribution in [2.75, 3.05) is 0 Å². The number of aliphatic imine (C=N–C) groups is 1. The molecule has 0 saturated heterocycles. The molecule has 0 spiro atoms. The number of hydrogen-bond acceptors (Lipinski definition) is 4. The highest BCUT2D eigenvalue weighted by Gasteiger charge is 2.35. The number of nitrogens with two attached hydrogens (primary N) is 1. The smallest absolute Gasteiger partial charge is 0.304 e. The molecule has 4 nitrogen and oxygen atoms in total. The molecule has 82 valence electrons. The fraction of sp³-hybridized carbons (Fsp3) is 0.900. The molecule has 1 unspecified atom stereocenters. The second-order valence-electron chi connectivity index (χ2n) is 4.68. The van der Waals surface area contributed by atoms with Gasteiger partial charge in [-0.05, 0) is 27.2 Å². The van der Waals surface area contributed by atoms with Gasteiger partial charge in [-0.15, -0.1) is 5.06 Å². The molecule has 1 aliphatic rings. The fourth-order valence-corrected chi connectivity index (χ4v) is 1.54. The fourth-order valence-electron chi connectivity index (χ4n) is 1.54. The van der Waals surface area contributed by atoms with Crippen LogP contribution in [-0.2, 0) is 4.84 Å². The predicted molar refractivity (Wildman–Crippen MR) is 57.6 cm³/mol. The quantitative estimate of drug-likeness (QED) is 0.754. The lowest BCUT2D eigenvalue weighted by Gasteiger charge is -2.32. The molecule has 1 atom stereocenters. The Morgan fingerprint density at radius 3 is 2.64 bits per heavy atom. The van der Waals surface area contributed by atoms with Gasteiger partial charge >= 0.3 is 6.02 Å². The number of hydrogen-bond donors (Lipinski definition) is 1. The molecule has 0 bridgehead atoms. The largest absolute Gasteiger partial charge is 0.366 e. The average molecular weight is 199 g/mol. The number of amidine groups is 1. The normalized spacial score (nSPS) is 23.4. The van der Waals surface area contributed by atoms with E-state index in [1.807, 2.05) is 5.06 Å². The Kier molecular flexibility index (Phi) is 3.37. The molecule has 1 rings (SSSR count). The topological polar surface area (TPSA) is 50.9 Å². The van der Waals surface area contributed by atoms with Crippen LogP contribution in [-0.4, -0.2) is 22.8 Å². The molecular formula is C10H21N3O. The molecule has 0 amide bonds. The third-order valence-corrected chi connectivity index (χ3v) is 2.22. The van der Waals surface area contributed by atoms with Gasteiger partial charge in [-0.1, -0.05) is 19.8 Å². The van der Waals surface area contributed by atoms with E-state index in [1.165, 1.54) is 6.42 Å². The van der Waals surface area contributed by atoms with Crippen LogP contribution in [0.4, 0.5) is 0 Å². The van der Waals surface area contributed by atoms with Gasteiger partial charge in [-0.25, -0.2) is 4.99 Å². The second-order valence-corrected chi connectivity index (χ2v) is 4.68. The minimum atomic E-state index is -0.0526. The van der Waals surface area contributed by atoms with Crippen molar-refractivity contribution in [3.63, 3.8) is 0 Å². The third kappa shape index (κ3) is 2.61. The lowest BCUT2D eigenvalue weighted by molar-refractivity contribution is -0.151. The number of unbranched alkanes of at least 4 members (excludes halogenated alkanes) is 1. The average Bonchev–Trinajstić information content (AvgIpc) is 2.42. The summed E-state index contributed by atoms with van der Waals surface area (Å²) in [6.07, 6.45) is 3.42. The van der Waals surface area contributed by atoms with Crippen molar-refractivity contribution >= 4 is 6.02 Å². The Morgan fingerprint density at radius 1 is 1.50 bits per heavy atom. The van der Waals surface area contributed by atoms with Crippen molar-refractivity contribution in [3.8, 4) is 0 Å². The van der Waals surface area contributed by atoms with Gasteiger partial charge in [0.2, 0.25) is 0 Å². The van der Waals surface area contributed by atoms with Gasteiger partial charge in [0, 0.05) is 0 Å². The van der Waals surface area contributed by atoms with Gasteiger partial charge in [0.05, 0.1) is 5.54 Å². The van der Waals surface area contributed by atoms with E-state index in [9.17, 15) is 0 Å². The molecule has 0 aromatic heterocycles. The Bertz CT molecular complexity index is 220. The number of hydroxylamine groups is 2. The van der Waals surface area contributed by atoms with Crippen LogP contribution in [0, 0.1) is 0 Å². The van der Waals surface area contributed by atoms with E-state index in [4.69, 9.17) is 10.6 Å². The van der Waals surface area contributed by atoms with E-state index in [2.05, 4.69) is 32.7 Å². The highest BCUT2D eigenvalue weighted by atomic mass is 16.7. The maximum Gasteiger partial charge on any atom is 0.304 e. The van der Waals surface area contributed by atoms with Crippen LogP contribution in [0.2, 0.25) is 0 Å². The summed E-state index contributed by atoms with van der Waals surface area (Å²) in [5.41, 5.74) is 5.52. The minimum Gasteiger partial charge on any atom is -0.366 e. The van der Waals surface area contributed by atoms with E-state index in [-0.39, 0.29) is 11.7 Å². The van der Waals surface area contributed by atoms with E-state index in [0.717, 1.165) is 12.8 Å². The van der Waals surface area contributed by atoms with Crippen molar-refractivity contribution in [2.24, 2.45) is 10.7 Å². The maximum absolute atomic E-state index is 5.57. The molecule has 2 N–H and O–H groups in total. The molecule has 0 aromatic rings. The monoisotopic (exact) mass is 199 g/mol. The van der Waals surface area contributed by atoms with Crippen LogP contribution < -0.4 is 5.73 Å². The number of rotatable bonds is 3. The predicted octanol–water partition coefficient (Wildman–Crippen LogP) is 1.86. The van der Waals surface area contributed by atoms with Crippen LogP contribution in [0.3, 0.4) is 0 Å². The first-order valence-corrected chi connectivity index (χ1v) is 5.25. The molecule has 0 radical (unpaired) electrons. The lowest BCUT2D eigenvalue weighted by atomic mass is 10.1. The van der Waals surface area contributed by atoms with E-state index in [1.54, 1.807) is 0 Å². The van der Waals surface area contributed by atoms with Crippen LogP contribution in [0.5, 0.6) is 0 Å². The van der Waals surface area contributed by atoms with Crippen molar-refractivity contribution < 1.29 is 4.84 Å². The summed E-state index contributed by atoms with van der Waals surface area (Å²) in [5.74, 6) is 0. The molecule has 1 aliphatic heterocycles. The van der Waals surface area contributed by atoms with Gasteiger partial charge < -0.3 is 10.6 Å². The molecule has 0 aromatic carbocycles. The van der Waals surface area contributed by atoms with E-state index in [0.29, 0.717) is 6.02 Å². The summed E-state index contributed by atoms with van der Waals surface area (Å²) < 4.78 is 0. The van der Waals surface area contributed by atoms with Gasteiger partial charge in [0.15, 0.2) is 0 Å². The van der Waals surface area contributed by atoms with Crippen molar-refractivity contribution in [1.82, 2.24) is 5.06 Å². The van der Waals surface area contributed by atoms with E-state index >= 15 is 0 Å². The summed E-state index contributed by atoms with van der Waals surface area (Å²) >= 11 is 0. The molecule has 14 heavy (non-hydrogen) atoms. The van der Waals surface area contributed by atoms with E-state index < -0.39 is 0 Å². The first-order chi connectivity index (χ1) is 6.45. The second kappa shape index (κ2) is 4.17. The Balaban J connectivity index is 2.60. The van der Waals surface area contributed by atoms with Crippen LogP contribution in [0.15, 0.2) is 4.99 Å². The van der Waals surface area contributed by atoms with Crippen molar-refractivity contribution in [1.29, 1.82) is 0 Å². The first kappa shape index (κ1) is 11.3. The Labute approximate surface area is 86.1 Å². The molecule has 0 fully saturated rings. The van der Waals surface area contributed by atoms with Crippen LogP contribution in [0.25, 0.3) is 0 Å². The van der Waals surface area contributed by atoms with Gasteiger partial charge in [0.25, 0.3) is 0 Å². The highest BCUT2D eigenvalue weighted by molar-refractivity contribution is 5.72. The van der Waals surface area contributed by atoms with Crippen molar-refractivity contribution in [3.05, 3.63) is 0 Å². The summed E-state index contributed by atoms with van der Waals surface area (Å²) in [6, 6.07) is 0.293. The van der Waals surface area contributed by atoms with Crippen molar-refractivity contribution in [2.45, 2.75) is 58.7 Å². The summed E-state index contributed by atoms with van der Waals surface area (Å²) in [6.45, 7) is 8.46. The Hall–Kier alpha value is -0.770. The third-order valence-electron chi connectivity index (χ3n) is 2.22.